The highest BCUT2D eigenvalue weighted by Crippen LogP contribution is 2.23. The van der Waals surface area contributed by atoms with Crippen molar-refractivity contribution in [3.8, 4) is 0 Å². The highest BCUT2D eigenvalue weighted by molar-refractivity contribution is 6.31. The smallest absolute Gasteiger partial charge is 0.224 e. The number of halogens is 1. The van der Waals surface area contributed by atoms with Crippen LogP contribution in [0.15, 0.2) is 47.2 Å². The van der Waals surface area contributed by atoms with E-state index in [1.807, 2.05) is 55.5 Å². The van der Waals surface area contributed by atoms with Gasteiger partial charge in [0.25, 0.3) is 0 Å². The third-order valence-electron chi connectivity index (χ3n) is 4.07. The number of hydrogen-bond acceptors (Lipinski definition) is 3. The molecular weight excluding hydrogens is 326 g/mol. The van der Waals surface area contributed by atoms with E-state index in [9.17, 15) is 4.79 Å². The van der Waals surface area contributed by atoms with E-state index in [-0.39, 0.29) is 11.9 Å². The summed E-state index contributed by atoms with van der Waals surface area (Å²) in [4.78, 5) is 17.5. The van der Waals surface area contributed by atoms with Crippen molar-refractivity contribution in [1.29, 1.82) is 0 Å². The second kappa shape index (κ2) is 7.11. The third kappa shape index (κ3) is 3.63. The van der Waals surface area contributed by atoms with Gasteiger partial charge in [0.2, 0.25) is 5.91 Å². The fraction of sp³-hybridized carbons (Fsp3) is 0.278. The van der Waals surface area contributed by atoms with E-state index in [1.54, 1.807) is 6.26 Å². The molecule has 0 aliphatic rings. The second-order valence-corrected chi connectivity index (χ2v) is 6.42. The first kappa shape index (κ1) is 16.6. The number of carbonyl (C=O) groups is 1. The number of nitrogens with zero attached hydrogens (tertiary/aromatic N) is 1. The summed E-state index contributed by atoms with van der Waals surface area (Å²) in [5.74, 6) is 0.799. The molecule has 2 N–H and O–H groups in total. The molecule has 5 nitrogen and oxygen atoms in total. The molecule has 1 unspecified atom stereocenters. The minimum absolute atomic E-state index is 0.00126. The van der Waals surface area contributed by atoms with Crippen molar-refractivity contribution in [1.82, 2.24) is 15.2 Å². The molecule has 0 saturated heterocycles. The molecule has 0 saturated carbocycles. The number of likely N-dealkylation sites (N-methyl/N-ethyl adjacent to an activating group) is 1. The molecule has 2 aromatic heterocycles. The molecule has 126 valence electrons. The van der Waals surface area contributed by atoms with Crippen LogP contribution in [0.3, 0.4) is 0 Å². The maximum absolute atomic E-state index is 12.3. The van der Waals surface area contributed by atoms with Crippen LogP contribution >= 0.6 is 11.6 Å². The summed E-state index contributed by atoms with van der Waals surface area (Å²) in [7, 11) is 3.92. The summed E-state index contributed by atoms with van der Waals surface area (Å²) in [6.45, 7) is 0.489. The average Bonchev–Trinajstić information content (AvgIpc) is 3.18. The van der Waals surface area contributed by atoms with E-state index in [1.165, 1.54) is 0 Å². The normalized spacial score (nSPS) is 12.7. The Bertz CT molecular complexity index is 824. The van der Waals surface area contributed by atoms with Crippen LogP contribution in [-0.4, -0.2) is 36.4 Å². The molecule has 0 aliphatic heterocycles. The minimum Gasteiger partial charge on any atom is -0.468 e. The molecular formula is C18H20ClN3O2. The number of aromatic amines is 1. The van der Waals surface area contributed by atoms with Crippen LogP contribution in [0.5, 0.6) is 0 Å². The van der Waals surface area contributed by atoms with Gasteiger partial charge >= 0.3 is 0 Å². The Morgan fingerprint density at radius 1 is 1.38 bits per heavy atom. The number of nitrogens with one attached hydrogen (secondary N) is 2. The van der Waals surface area contributed by atoms with Gasteiger partial charge in [-0.25, -0.2) is 0 Å². The lowest BCUT2D eigenvalue weighted by molar-refractivity contribution is -0.120. The van der Waals surface area contributed by atoms with Crippen LogP contribution in [0.2, 0.25) is 5.02 Å². The predicted octanol–water partition coefficient (Wildman–Crippen LogP) is 3.38. The van der Waals surface area contributed by atoms with Gasteiger partial charge in [-0.15, -0.1) is 0 Å². The number of rotatable bonds is 6. The van der Waals surface area contributed by atoms with Gasteiger partial charge in [0, 0.05) is 28.7 Å². The van der Waals surface area contributed by atoms with Gasteiger partial charge in [0.1, 0.15) is 5.76 Å². The predicted molar refractivity (Wildman–Crippen MR) is 95.2 cm³/mol. The van der Waals surface area contributed by atoms with Gasteiger partial charge in [0.05, 0.1) is 18.7 Å². The summed E-state index contributed by atoms with van der Waals surface area (Å²) in [5, 5.41) is 4.62. The SMILES string of the molecule is CN(C)C(CNC(=O)Cc1c[nH]c2ccc(Cl)cc12)c1ccco1. The number of furan rings is 1. The van der Waals surface area contributed by atoms with Gasteiger partial charge in [-0.2, -0.15) is 0 Å². The highest BCUT2D eigenvalue weighted by atomic mass is 35.5. The lowest BCUT2D eigenvalue weighted by Crippen LogP contribution is -2.35. The molecule has 1 atom stereocenters. The van der Waals surface area contributed by atoms with Crippen molar-refractivity contribution < 1.29 is 9.21 Å². The number of H-pyrrole nitrogens is 1. The average molecular weight is 346 g/mol. The maximum atomic E-state index is 12.3. The zero-order valence-corrected chi connectivity index (χ0v) is 14.4. The zero-order chi connectivity index (χ0) is 17.1. The Balaban J connectivity index is 1.65. The van der Waals surface area contributed by atoms with Crippen molar-refractivity contribution in [3.63, 3.8) is 0 Å². The first-order chi connectivity index (χ1) is 11.5. The van der Waals surface area contributed by atoms with Crippen LogP contribution in [0.1, 0.15) is 17.4 Å². The Labute approximate surface area is 145 Å². The lowest BCUT2D eigenvalue weighted by Gasteiger charge is -2.22. The molecule has 0 fully saturated rings. The summed E-state index contributed by atoms with van der Waals surface area (Å²) in [6.07, 6.45) is 3.80. The number of benzene rings is 1. The van der Waals surface area contributed by atoms with Crippen LogP contribution in [0.4, 0.5) is 0 Å². The Hall–Kier alpha value is -2.24. The summed E-state index contributed by atoms with van der Waals surface area (Å²) < 4.78 is 5.45. The standard InChI is InChI=1S/C18H20ClN3O2/c1-22(2)16(17-4-3-7-24-17)11-21-18(23)8-12-10-20-15-6-5-13(19)9-14(12)15/h3-7,9-10,16,20H,8,11H2,1-2H3,(H,21,23). The first-order valence-corrected chi connectivity index (χ1v) is 8.14. The van der Waals surface area contributed by atoms with Crippen LogP contribution in [-0.2, 0) is 11.2 Å². The van der Waals surface area contributed by atoms with E-state index >= 15 is 0 Å². The van der Waals surface area contributed by atoms with Crippen molar-refractivity contribution in [3.05, 3.63) is 59.1 Å². The Morgan fingerprint density at radius 3 is 2.92 bits per heavy atom. The molecule has 3 aromatic rings. The number of amides is 1. The molecule has 2 heterocycles. The molecule has 0 spiro atoms. The number of hydrogen-bond donors (Lipinski definition) is 2. The quantitative estimate of drug-likeness (QED) is 0.720. The monoisotopic (exact) mass is 345 g/mol. The fourth-order valence-corrected chi connectivity index (χ4v) is 2.93. The topological polar surface area (TPSA) is 61.3 Å². The molecule has 0 bridgehead atoms. The summed E-state index contributed by atoms with van der Waals surface area (Å²) in [5.41, 5.74) is 1.91. The van der Waals surface area contributed by atoms with E-state index in [4.69, 9.17) is 16.0 Å². The van der Waals surface area contributed by atoms with Gasteiger partial charge in [-0.3, -0.25) is 9.69 Å². The van der Waals surface area contributed by atoms with Gasteiger partial charge in [-0.05, 0) is 50.0 Å². The second-order valence-electron chi connectivity index (χ2n) is 5.98. The number of fused-ring (bicyclic) bond motifs is 1. The zero-order valence-electron chi connectivity index (χ0n) is 13.7. The Kier molecular flexibility index (Phi) is 4.92. The van der Waals surface area contributed by atoms with E-state index in [0.29, 0.717) is 18.0 Å². The molecule has 1 amide bonds. The van der Waals surface area contributed by atoms with Crippen LogP contribution in [0.25, 0.3) is 10.9 Å². The van der Waals surface area contributed by atoms with Crippen LogP contribution < -0.4 is 5.32 Å². The van der Waals surface area contributed by atoms with E-state index < -0.39 is 0 Å². The Morgan fingerprint density at radius 2 is 2.21 bits per heavy atom. The van der Waals surface area contributed by atoms with Gasteiger partial charge < -0.3 is 14.7 Å². The molecule has 6 heteroatoms. The van der Waals surface area contributed by atoms with Gasteiger partial charge in [-0.1, -0.05) is 11.6 Å². The van der Waals surface area contributed by atoms with Crippen LogP contribution in [0, 0.1) is 0 Å². The summed E-state index contributed by atoms with van der Waals surface area (Å²) >= 11 is 6.05. The molecule has 3 rings (SSSR count). The van der Waals surface area contributed by atoms with Gasteiger partial charge in [0.15, 0.2) is 0 Å². The molecule has 24 heavy (non-hydrogen) atoms. The maximum Gasteiger partial charge on any atom is 0.224 e. The summed E-state index contributed by atoms with van der Waals surface area (Å²) in [6, 6.07) is 9.39. The third-order valence-corrected chi connectivity index (χ3v) is 4.30. The molecule has 0 radical (unpaired) electrons. The van der Waals surface area contributed by atoms with E-state index in [2.05, 4.69) is 10.3 Å². The lowest BCUT2D eigenvalue weighted by atomic mass is 10.1. The largest absolute Gasteiger partial charge is 0.468 e. The van der Waals surface area contributed by atoms with E-state index in [0.717, 1.165) is 22.2 Å². The number of aromatic nitrogens is 1. The van der Waals surface area contributed by atoms with Crippen molar-refractivity contribution in [2.75, 3.05) is 20.6 Å². The fourth-order valence-electron chi connectivity index (χ4n) is 2.76. The highest BCUT2D eigenvalue weighted by Gasteiger charge is 2.18. The molecule has 0 aliphatic carbocycles. The van der Waals surface area contributed by atoms with Crippen molar-refractivity contribution >= 4 is 28.4 Å². The minimum atomic E-state index is -0.0331. The number of carbonyl (C=O) groups excluding carboxylic acids is 1. The van der Waals surface area contributed by atoms with Crippen molar-refractivity contribution in [2.24, 2.45) is 0 Å². The van der Waals surface area contributed by atoms with Crippen molar-refractivity contribution in [2.45, 2.75) is 12.5 Å². The first-order valence-electron chi connectivity index (χ1n) is 7.76. The molecule has 1 aromatic carbocycles.